The molecule has 0 aliphatic carbocycles. The molecule has 3 aromatic rings. The minimum absolute atomic E-state index is 0.210. The molecule has 1 aromatic carbocycles. The summed E-state index contributed by atoms with van der Waals surface area (Å²) in [4.78, 5) is 9.96. The highest BCUT2D eigenvalue weighted by Gasteiger charge is 2.32. The Bertz CT molecular complexity index is 1380. The van der Waals surface area contributed by atoms with E-state index in [1.54, 1.807) is 22.7 Å². The summed E-state index contributed by atoms with van der Waals surface area (Å²) in [5.74, 6) is 2.06. The zero-order valence-electron chi connectivity index (χ0n) is 22.6. The van der Waals surface area contributed by atoms with Crippen molar-refractivity contribution in [3.05, 3.63) is 35.5 Å². The van der Waals surface area contributed by atoms with Crippen molar-refractivity contribution in [2.24, 2.45) is 5.41 Å². The number of anilines is 2. The molecule has 4 heterocycles. The van der Waals surface area contributed by atoms with Gasteiger partial charge in [-0.25, -0.2) is 8.42 Å². The molecule has 3 N–H and O–H groups in total. The van der Waals surface area contributed by atoms with E-state index in [9.17, 15) is 8.42 Å². The topological polar surface area (TPSA) is 123 Å². The molecule has 38 heavy (non-hydrogen) atoms. The predicted molar refractivity (Wildman–Crippen MR) is 149 cm³/mol. The average Bonchev–Trinajstić information content (AvgIpc) is 3.32. The van der Waals surface area contributed by atoms with E-state index in [0.29, 0.717) is 30.8 Å². The second-order valence-corrected chi connectivity index (χ2v) is 13.0. The summed E-state index contributed by atoms with van der Waals surface area (Å²) in [6.45, 7) is 8.07. The summed E-state index contributed by atoms with van der Waals surface area (Å²) in [6.07, 6.45) is 9.65. The second-order valence-electron chi connectivity index (χ2n) is 11.0. The van der Waals surface area contributed by atoms with Crippen LogP contribution in [0.1, 0.15) is 69.4 Å². The number of piperidine rings is 1. The Morgan fingerprint density at radius 2 is 1.87 bits per heavy atom. The molecule has 0 amide bonds. The zero-order valence-corrected chi connectivity index (χ0v) is 23.4. The Morgan fingerprint density at radius 1 is 1.05 bits per heavy atom. The molecule has 2 aliphatic rings. The van der Waals surface area contributed by atoms with E-state index in [2.05, 4.69) is 34.9 Å². The van der Waals surface area contributed by atoms with Gasteiger partial charge in [0.25, 0.3) is 0 Å². The summed E-state index contributed by atoms with van der Waals surface area (Å²) in [5.41, 5.74) is 2.78. The van der Waals surface area contributed by atoms with E-state index >= 15 is 0 Å². The molecule has 2 bridgehead atoms. The molecule has 1 spiro atoms. The van der Waals surface area contributed by atoms with E-state index in [1.807, 2.05) is 6.20 Å². The van der Waals surface area contributed by atoms with Crippen LogP contribution in [-0.2, 0) is 16.4 Å². The smallest absolute Gasteiger partial charge is 0.229 e. The monoisotopic (exact) mass is 541 g/mol. The highest BCUT2D eigenvalue weighted by Crippen LogP contribution is 2.35. The number of nitrogens with one attached hydrogen (secondary N) is 3. The Morgan fingerprint density at radius 3 is 2.63 bits per heavy atom. The first-order chi connectivity index (χ1) is 18.2. The number of benzene rings is 1. The fourth-order valence-electron chi connectivity index (χ4n) is 5.43. The van der Waals surface area contributed by atoms with Gasteiger partial charge in [-0.05, 0) is 68.3 Å². The molecule has 11 heteroatoms. The molecule has 1 fully saturated rings. The van der Waals surface area contributed by atoms with Gasteiger partial charge in [0.1, 0.15) is 5.75 Å². The van der Waals surface area contributed by atoms with Crippen LogP contribution in [-0.4, -0.2) is 60.5 Å². The molecule has 0 radical (unpaired) electrons. The van der Waals surface area contributed by atoms with E-state index in [-0.39, 0.29) is 16.2 Å². The molecular weight excluding hydrogens is 502 g/mol. The molecule has 0 unspecified atom stereocenters. The molecule has 2 aliphatic heterocycles. The third-order valence-corrected chi connectivity index (χ3v) is 8.92. The number of hydrogen-bond donors (Lipinski definition) is 3. The van der Waals surface area contributed by atoms with Gasteiger partial charge in [0, 0.05) is 30.5 Å². The van der Waals surface area contributed by atoms with Crippen molar-refractivity contribution >= 4 is 27.4 Å². The van der Waals surface area contributed by atoms with Crippen molar-refractivity contribution in [3.63, 3.8) is 0 Å². The molecule has 10 nitrogen and oxygen atoms in total. The van der Waals surface area contributed by atoms with Gasteiger partial charge < -0.3 is 20.7 Å². The number of rotatable bonds is 2. The van der Waals surface area contributed by atoms with Crippen LogP contribution < -0.4 is 20.7 Å². The largest absolute Gasteiger partial charge is 0.493 e. The van der Waals surface area contributed by atoms with Crippen LogP contribution in [0.2, 0.25) is 0 Å². The van der Waals surface area contributed by atoms with Crippen LogP contribution in [0.3, 0.4) is 0 Å². The highest BCUT2D eigenvalue weighted by molar-refractivity contribution is 7.90. The predicted octanol–water partition coefficient (Wildman–Crippen LogP) is 4.00. The van der Waals surface area contributed by atoms with E-state index in [4.69, 9.17) is 14.7 Å². The van der Waals surface area contributed by atoms with E-state index in [1.165, 1.54) is 6.26 Å². The maximum Gasteiger partial charge on any atom is 0.229 e. The minimum Gasteiger partial charge on any atom is -0.493 e. The lowest BCUT2D eigenvalue weighted by Crippen LogP contribution is -2.41. The Labute approximate surface area is 224 Å². The van der Waals surface area contributed by atoms with Crippen molar-refractivity contribution < 1.29 is 13.2 Å². The van der Waals surface area contributed by atoms with Crippen molar-refractivity contribution in [1.82, 2.24) is 24.9 Å². The molecule has 0 saturated carbocycles. The number of nitrogens with zero attached hydrogens (tertiary/aromatic N) is 4. The molecule has 5 rings (SSSR count). The molecule has 2 aromatic heterocycles. The standard InChI is InChI=1S/C27H39N7O3S/c1-19(2)22-17-31-34-24(22)32-25-30-18-27(10-12-28-13-11-27)9-5-4-6-14-37-23-8-7-21(38(3,35)36)15-20(23)16-29-26(34)33-25/h7-8,15,17,19,28H,4-6,9-14,16,18H2,1-3H3,(H2,29,30,32,33). The second kappa shape index (κ2) is 11.1. The molecule has 0 atom stereocenters. The summed E-state index contributed by atoms with van der Waals surface area (Å²) >= 11 is 0. The lowest BCUT2D eigenvalue weighted by molar-refractivity contribution is 0.192. The Balaban J connectivity index is 1.53. The Hall–Kier alpha value is -2.92. The fraction of sp³-hybridized carbons (Fsp3) is 0.593. The van der Waals surface area contributed by atoms with Gasteiger partial charge in [-0.2, -0.15) is 19.6 Å². The highest BCUT2D eigenvalue weighted by atomic mass is 32.2. The van der Waals surface area contributed by atoms with Crippen molar-refractivity contribution in [2.45, 2.75) is 69.7 Å². The van der Waals surface area contributed by atoms with Crippen molar-refractivity contribution in [3.8, 4) is 5.75 Å². The molecule has 206 valence electrons. The SMILES string of the molecule is CC(C)c1cnn2c3nc(nc12)NCC1(CCCCCOc2ccc(S(C)(=O)=O)cc2CN3)CCNCC1. The van der Waals surface area contributed by atoms with Crippen LogP contribution in [0.25, 0.3) is 5.65 Å². The first-order valence-electron chi connectivity index (χ1n) is 13.6. The van der Waals surface area contributed by atoms with Crippen molar-refractivity contribution in [1.29, 1.82) is 0 Å². The minimum atomic E-state index is -3.36. The van der Waals surface area contributed by atoms with Crippen LogP contribution in [0.4, 0.5) is 11.9 Å². The normalized spacial score (nSPS) is 18.9. The van der Waals surface area contributed by atoms with Crippen molar-refractivity contribution in [2.75, 3.05) is 43.1 Å². The summed E-state index contributed by atoms with van der Waals surface area (Å²) in [5, 5.41) is 15.1. The number of aromatic nitrogens is 4. The van der Waals surface area contributed by atoms with Gasteiger partial charge >= 0.3 is 0 Å². The van der Waals surface area contributed by atoms with Crippen LogP contribution in [0, 0.1) is 5.41 Å². The van der Waals surface area contributed by atoms with Gasteiger partial charge in [0.15, 0.2) is 15.5 Å². The van der Waals surface area contributed by atoms with Gasteiger partial charge in [-0.1, -0.05) is 26.7 Å². The summed E-state index contributed by atoms with van der Waals surface area (Å²) in [7, 11) is -3.36. The van der Waals surface area contributed by atoms with Gasteiger partial charge in [-0.15, -0.1) is 0 Å². The van der Waals surface area contributed by atoms with Gasteiger partial charge in [0.2, 0.25) is 11.9 Å². The molecule has 1 saturated heterocycles. The third kappa shape index (κ3) is 5.88. The number of sulfone groups is 1. The average molecular weight is 542 g/mol. The maximum atomic E-state index is 12.3. The van der Waals surface area contributed by atoms with Gasteiger partial charge in [-0.3, -0.25) is 0 Å². The van der Waals surface area contributed by atoms with Crippen LogP contribution in [0.5, 0.6) is 5.75 Å². The fourth-order valence-corrected chi connectivity index (χ4v) is 6.11. The number of ether oxygens (including phenoxy) is 1. The van der Waals surface area contributed by atoms with E-state index in [0.717, 1.165) is 74.9 Å². The lowest BCUT2D eigenvalue weighted by Gasteiger charge is -2.38. The van der Waals surface area contributed by atoms with Gasteiger partial charge in [0.05, 0.1) is 17.7 Å². The maximum absolute atomic E-state index is 12.3. The first kappa shape index (κ1) is 26.7. The number of fused-ring (bicyclic) bond motifs is 5. The van der Waals surface area contributed by atoms with E-state index < -0.39 is 9.84 Å². The summed E-state index contributed by atoms with van der Waals surface area (Å²) in [6, 6.07) is 5.05. The Kier molecular flexibility index (Phi) is 7.76. The van der Waals surface area contributed by atoms with Crippen LogP contribution in [0.15, 0.2) is 29.3 Å². The first-order valence-corrected chi connectivity index (χ1v) is 15.5. The lowest BCUT2D eigenvalue weighted by atomic mass is 9.75. The molecular formula is C27H39N7O3S. The summed E-state index contributed by atoms with van der Waals surface area (Å²) < 4.78 is 32.4. The number of hydrogen-bond acceptors (Lipinski definition) is 9. The zero-order chi connectivity index (χ0) is 26.8. The van der Waals surface area contributed by atoms with Crippen LogP contribution >= 0.6 is 0 Å². The quantitative estimate of drug-likeness (QED) is 0.442. The third-order valence-electron chi connectivity index (χ3n) is 7.81.